The lowest BCUT2D eigenvalue weighted by atomic mass is 10.1. The van der Waals surface area contributed by atoms with Crippen LogP contribution in [0, 0.1) is 0 Å². The Morgan fingerprint density at radius 3 is 1.68 bits per heavy atom. The summed E-state index contributed by atoms with van der Waals surface area (Å²) in [5.74, 6) is -0.933. The summed E-state index contributed by atoms with van der Waals surface area (Å²) in [5.41, 5.74) is 2.04. The molecular formula is C36H66N4O10. The van der Waals surface area contributed by atoms with Crippen molar-refractivity contribution in [1.82, 2.24) is 21.4 Å². The predicted molar refractivity (Wildman–Crippen MR) is 190 cm³/mol. The Bertz CT molecular complexity index is 878. The number of carbonyl (C=O) groups excluding carboxylic acids is 6. The van der Waals surface area contributed by atoms with Gasteiger partial charge in [-0.25, -0.2) is 4.79 Å². The van der Waals surface area contributed by atoms with Gasteiger partial charge in [0.2, 0.25) is 11.8 Å². The number of hydrogen-bond donors (Lipinski definition) is 5. The number of amides is 3. The van der Waals surface area contributed by atoms with Gasteiger partial charge in [-0.15, -0.1) is 0 Å². The molecule has 0 saturated heterocycles. The number of unbranched alkanes of at least 4 members (excludes halogenated alkanes) is 13. The Morgan fingerprint density at radius 2 is 1.04 bits per heavy atom. The molecule has 0 aliphatic carbocycles. The maximum atomic E-state index is 12.0. The zero-order valence-electron chi connectivity index (χ0n) is 30.4. The summed E-state index contributed by atoms with van der Waals surface area (Å²) in [4.78, 5) is 71.8. The van der Waals surface area contributed by atoms with Gasteiger partial charge in [0.15, 0.2) is 0 Å². The Balaban J connectivity index is 3.38. The fourth-order valence-electron chi connectivity index (χ4n) is 4.84. The van der Waals surface area contributed by atoms with E-state index in [0.717, 1.165) is 103 Å². The molecule has 0 spiro atoms. The van der Waals surface area contributed by atoms with Gasteiger partial charge >= 0.3 is 5.97 Å². The third-order valence-electron chi connectivity index (χ3n) is 7.81. The molecule has 0 aromatic heterocycles. The molecule has 290 valence electrons. The summed E-state index contributed by atoms with van der Waals surface area (Å²) in [7, 11) is 0. The number of hydrogen-bond acceptors (Lipinski definition) is 11. The highest BCUT2D eigenvalue weighted by molar-refractivity contribution is 5.79. The molecule has 0 saturated carbocycles. The van der Waals surface area contributed by atoms with Crippen molar-refractivity contribution in [3.05, 3.63) is 0 Å². The van der Waals surface area contributed by atoms with Crippen LogP contribution in [-0.2, 0) is 43.1 Å². The van der Waals surface area contributed by atoms with Crippen LogP contribution in [0.2, 0.25) is 0 Å². The van der Waals surface area contributed by atoms with Gasteiger partial charge in [0.05, 0.1) is 26.4 Å². The molecule has 0 heterocycles. The summed E-state index contributed by atoms with van der Waals surface area (Å²) in [6, 6.07) is 0. The molecule has 0 radical (unpaired) electrons. The van der Waals surface area contributed by atoms with E-state index >= 15 is 0 Å². The molecule has 0 aliphatic heterocycles. The van der Waals surface area contributed by atoms with E-state index in [1.54, 1.807) is 0 Å². The molecule has 0 rings (SSSR count). The molecule has 1 atom stereocenters. The zero-order chi connectivity index (χ0) is 36.8. The SMILES string of the molecule is O=CCCCCCCCNC(=O)CCOCCOCCC(O)NCCCCCCCC(=O)NCCCCCCCC(=O)ONC(=O)CCC=O. The standard InChI is InChI=1S/C36H66N4O10/c41-26-16-10-2-1-7-13-24-38-33(44)21-28-48-30-31-49-29-22-34(45)39-25-15-8-3-5-11-18-32(43)37-23-14-9-4-6-12-20-36(47)50-40-35(46)19-17-27-42/h26-27,34,39,45H,1-25,28-31H2,(H,37,43)(H,38,44)(H,40,46). The van der Waals surface area contributed by atoms with E-state index in [1.165, 1.54) is 0 Å². The Kier molecular flexibility index (Phi) is 35.1. The van der Waals surface area contributed by atoms with Crippen molar-refractivity contribution >= 4 is 36.3 Å². The van der Waals surface area contributed by atoms with Crippen LogP contribution in [0.5, 0.6) is 0 Å². The average molecular weight is 715 g/mol. The molecule has 14 nitrogen and oxygen atoms in total. The number of carbonyl (C=O) groups is 6. The first kappa shape index (κ1) is 47.1. The summed E-state index contributed by atoms with van der Waals surface area (Å²) in [6.07, 6.45) is 17.5. The van der Waals surface area contributed by atoms with Crippen LogP contribution >= 0.6 is 0 Å². The molecule has 0 fully saturated rings. The van der Waals surface area contributed by atoms with Gasteiger partial charge in [0.1, 0.15) is 18.8 Å². The Labute approximate surface area is 299 Å². The quantitative estimate of drug-likeness (QED) is 0.0272. The van der Waals surface area contributed by atoms with Crippen LogP contribution < -0.4 is 21.4 Å². The molecule has 3 amide bonds. The number of nitrogens with one attached hydrogen (secondary N) is 4. The monoisotopic (exact) mass is 714 g/mol. The molecular weight excluding hydrogens is 648 g/mol. The second-order valence-corrected chi connectivity index (χ2v) is 12.4. The topological polar surface area (TPSA) is 198 Å². The fourth-order valence-corrected chi connectivity index (χ4v) is 4.84. The number of ether oxygens (including phenoxy) is 2. The first-order valence-electron chi connectivity index (χ1n) is 18.8. The van der Waals surface area contributed by atoms with Gasteiger partial charge in [-0.3, -0.25) is 19.7 Å². The van der Waals surface area contributed by atoms with Crippen molar-refractivity contribution in [3.8, 4) is 0 Å². The van der Waals surface area contributed by atoms with E-state index in [9.17, 15) is 33.9 Å². The van der Waals surface area contributed by atoms with E-state index in [0.29, 0.717) is 77.9 Å². The Morgan fingerprint density at radius 1 is 0.520 bits per heavy atom. The van der Waals surface area contributed by atoms with Crippen molar-refractivity contribution in [1.29, 1.82) is 0 Å². The molecule has 0 aromatic rings. The number of aldehydes is 2. The summed E-state index contributed by atoms with van der Waals surface area (Å²) >= 11 is 0. The van der Waals surface area contributed by atoms with Crippen LogP contribution in [0.15, 0.2) is 0 Å². The average Bonchev–Trinajstić information content (AvgIpc) is 3.10. The zero-order valence-corrected chi connectivity index (χ0v) is 30.4. The molecule has 0 aromatic carbocycles. The van der Waals surface area contributed by atoms with E-state index in [1.807, 2.05) is 5.48 Å². The lowest BCUT2D eigenvalue weighted by molar-refractivity contribution is -0.158. The lowest BCUT2D eigenvalue weighted by Crippen LogP contribution is -2.30. The fraction of sp³-hybridized carbons (Fsp3) is 0.833. The largest absolute Gasteiger partial charge is 0.379 e. The van der Waals surface area contributed by atoms with Gasteiger partial charge in [-0.2, -0.15) is 5.48 Å². The van der Waals surface area contributed by atoms with Crippen molar-refractivity contribution in [2.24, 2.45) is 0 Å². The van der Waals surface area contributed by atoms with Crippen molar-refractivity contribution in [3.63, 3.8) is 0 Å². The van der Waals surface area contributed by atoms with E-state index in [-0.39, 0.29) is 31.1 Å². The third kappa shape index (κ3) is 36.3. The van der Waals surface area contributed by atoms with Crippen LogP contribution in [0.3, 0.4) is 0 Å². The molecule has 1 unspecified atom stereocenters. The molecule has 14 heteroatoms. The number of aliphatic hydroxyl groups is 1. The van der Waals surface area contributed by atoms with E-state index in [2.05, 4.69) is 20.8 Å². The van der Waals surface area contributed by atoms with E-state index < -0.39 is 18.1 Å². The van der Waals surface area contributed by atoms with Gasteiger partial charge < -0.3 is 39.6 Å². The van der Waals surface area contributed by atoms with Gasteiger partial charge in [0.25, 0.3) is 5.91 Å². The second-order valence-electron chi connectivity index (χ2n) is 12.4. The van der Waals surface area contributed by atoms with Crippen molar-refractivity contribution in [2.75, 3.05) is 46.1 Å². The molecule has 5 N–H and O–H groups in total. The van der Waals surface area contributed by atoms with Gasteiger partial charge in [0, 0.05) is 58.0 Å². The van der Waals surface area contributed by atoms with Crippen molar-refractivity contribution in [2.45, 2.75) is 147 Å². The Hall–Kier alpha value is -2.94. The number of rotatable bonds is 37. The number of aliphatic hydroxyl groups excluding tert-OH is 1. The van der Waals surface area contributed by atoms with Crippen LogP contribution in [0.4, 0.5) is 0 Å². The van der Waals surface area contributed by atoms with Crippen LogP contribution in [-0.4, -0.2) is 93.7 Å². The molecule has 0 bridgehead atoms. The highest BCUT2D eigenvalue weighted by atomic mass is 16.7. The first-order chi connectivity index (χ1) is 24.4. The maximum Gasteiger partial charge on any atom is 0.332 e. The summed E-state index contributed by atoms with van der Waals surface area (Å²) < 4.78 is 10.9. The smallest absolute Gasteiger partial charge is 0.332 e. The van der Waals surface area contributed by atoms with E-state index in [4.69, 9.17) is 9.47 Å². The highest BCUT2D eigenvalue weighted by Crippen LogP contribution is 2.08. The highest BCUT2D eigenvalue weighted by Gasteiger charge is 2.07. The van der Waals surface area contributed by atoms with Crippen LogP contribution in [0.25, 0.3) is 0 Å². The van der Waals surface area contributed by atoms with Crippen LogP contribution in [0.1, 0.15) is 141 Å². The minimum absolute atomic E-state index is 0.00330. The number of hydroxylamine groups is 1. The summed E-state index contributed by atoms with van der Waals surface area (Å²) in [6.45, 7) is 3.62. The maximum absolute atomic E-state index is 12.0. The summed E-state index contributed by atoms with van der Waals surface area (Å²) in [5, 5.41) is 19.0. The van der Waals surface area contributed by atoms with Gasteiger partial charge in [-0.1, -0.05) is 57.8 Å². The minimum atomic E-state index is -0.620. The molecule has 0 aliphatic rings. The van der Waals surface area contributed by atoms with Gasteiger partial charge in [-0.05, 0) is 45.1 Å². The molecule has 50 heavy (non-hydrogen) atoms. The second kappa shape index (κ2) is 37.3. The minimum Gasteiger partial charge on any atom is -0.379 e. The lowest BCUT2D eigenvalue weighted by Gasteiger charge is -2.13. The normalized spacial score (nSPS) is 11.5. The van der Waals surface area contributed by atoms with Crippen molar-refractivity contribution < 1.29 is 48.2 Å². The third-order valence-corrected chi connectivity index (χ3v) is 7.81. The predicted octanol–water partition coefficient (Wildman–Crippen LogP) is 3.71. The first-order valence-corrected chi connectivity index (χ1v) is 18.8.